The van der Waals surface area contributed by atoms with Gasteiger partial charge in [0.1, 0.15) is 5.82 Å². The van der Waals surface area contributed by atoms with E-state index in [4.69, 9.17) is 5.11 Å². The number of rotatable bonds is 4. The highest BCUT2D eigenvalue weighted by Crippen LogP contribution is 2.10. The standard InChI is InChI=1S/C15H14N2O3/c1-10-5-2-3-6-11(10)9-14(18)17-13-8-4-7-12(16-13)15(19)20/h2-8H,9H2,1H3,(H,19,20)(H,16,17,18). The molecule has 5 nitrogen and oxygen atoms in total. The Bertz CT molecular complexity index is 653. The Kier molecular flexibility index (Phi) is 4.10. The number of anilines is 1. The van der Waals surface area contributed by atoms with Gasteiger partial charge in [-0.3, -0.25) is 4.79 Å². The smallest absolute Gasteiger partial charge is 0.354 e. The molecule has 0 saturated carbocycles. The number of carboxylic acid groups (broad SMARTS) is 1. The molecule has 0 atom stereocenters. The molecule has 1 heterocycles. The van der Waals surface area contributed by atoms with Gasteiger partial charge < -0.3 is 10.4 Å². The molecule has 1 amide bonds. The molecule has 0 fully saturated rings. The monoisotopic (exact) mass is 270 g/mol. The zero-order chi connectivity index (χ0) is 14.5. The minimum absolute atomic E-state index is 0.0984. The van der Waals surface area contributed by atoms with Crippen molar-refractivity contribution in [2.75, 3.05) is 5.32 Å². The average Bonchev–Trinajstić information content (AvgIpc) is 2.41. The van der Waals surface area contributed by atoms with Crippen molar-refractivity contribution in [2.24, 2.45) is 0 Å². The van der Waals surface area contributed by atoms with Gasteiger partial charge in [-0.05, 0) is 30.2 Å². The number of aryl methyl sites for hydroxylation is 1. The van der Waals surface area contributed by atoms with Gasteiger partial charge in [0.05, 0.1) is 6.42 Å². The second kappa shape index (κ2) is 5.97. The number of benzene rings is 1. The van der Waals surface area contributed by atoms with E-state index in [0.717, 1.165) is 11.1 Å². The minimum Gasteiger partial charge on any atom is -0.477 e. The van der Waals surface area contributed by atoms with Gasteiger partial charge in [-0.25, -0.2) is 9.78 Å². The highest BCUT2D eigenvalue weighted by molar-refractivity contribution is 5.92. The van der Waals surface area contributed by atoms with Gasteiger partial charge in [0.15, 0.2) is 5.69 Å². The van der Waals surface area contributed by atoms with Crippen LogP contribution in [-0.2, 0) is 11.2 Å². The molecule has 1 aromatic heterocycles. The van der Waals surface area contributed by atoms with E-state index in [2.05, 4.69) is 10.3 Å². The lowest BCUT2D eigenvalue weighted by Gasteiger charge is -2.07. The van der Waals surface area contributed by atoms with Crippen LogP contribution in [0.2, 0.25) is 0 Å². The number of pyridine rings is 1. The summed E-state index contributed by atoms with van der Waals surface area (Å²) < 4.78 is 0. The molecular weight excluding hydrogens is 256 g/mol. The normalized spacial score (nSPS) is 10.1. The van der Waals surface area contributed by atoms with Crippen LogP contribution in [0, 0.1) is 6.92 Å². The van der Waals surface area contributed by atoms with E-state index in [-0.39, 0.29) is 23.8 Å². The Morgan fingerprint density at radius 3 is 2.60 bits per heavy atom. The molecule has 0 unspecified atom stereocenters. The van der Waals surface area contributed by atoms with Crippen molar-refractivity contribution >= 4 is 17.7 Å². The number of nitrogens with one attached hydrogen (secondary N) is 1. The second-order valence-corrected chi connectivity index (χ2v) is 4.36. The van der Waals surface area contributed by atoms with Crippen LogP contribution < -0.4 is 5.32 Å². The Labute approximate surface area is 116 Å². The van der Waals surface area contributed by atoms with Gasteiger partial charge in [-0.1, -0.05) is 30.3 Å². The highest BCUT2D eigenvalue weighted by atomic mass is 16.4. The summed E-state index contributed by atoms with van der Waals surface area (Å²) in [4.78, 5) is 26.6. The van der Waals surface area contributed by atoms with Crippen molar-refractivity contribution in [3.05, 3.63) is 59.3 Å². The topological polar surface area (TPSA) is 79.3 Å². The van der Waals surface area contributed by atoms with E-state index >= 15 is 0 Å². The molecule has 0 radical (unpaired) electrons. The highest BCUT2D eigenvalue weighted by Gasteiger charge is 2.09. The first-order chi connectivity index (χ1) is 9.56. The van der Waals surface area contributed by atoms with Crippen LogP contribution in [0.4, 0.5) is 5.82 Å². The summed E-state index contributed by atoms with van der Waals surface area (Å²) in [6.45, 7) is 1.94. The maximum absolute atomic E-state index is 11.9. The molecule has 102 valence electrons. The number of amides is 1. The summed E-state index contributed by atoms with van der Waals surface area (Å²) in [5, 5.41) is 11.4. The number of carbonyl (C=O) groups is 2. The van der Waals surface area contributed by atoms with E-state index in [0.29, 0.717) is 0 Å². The van der Waals surface area contributed by atoms with Crippen molar-refractivity contribution in [1.82, 2.24) is 4.98 Å². The lowest BCUT2D eigenvalue weighted by molar-refractivity contribution is -0.115. The Morgan fingerprint density at radius 2 is 1.90 bits per heavy atom. The first-order valence-electron chi connectivity index (χ1n) is 6.11. The number of carboxylic acids is 1. The van der Waals surface area contributed by atoms with Crippen LogP contribution in [0.1, 0.15) is 21.6 Å². The largest absolute Gasteiger partial charge is 0.477 e. The van der Waals surface area contributed by atoms with Crippen LogP contribution >= 0.6 is 0 Å². The fourth-order valence-electron chi connectivity index (χ4n) is 1.79. The molecule has 5 heteroatoms. The molecule has 2 aromatic rings. The summed E-state index contributed by atoms with van der Waals surface area (Å²) in [5.41, 5.74) is 1.87. The van der Waals surface area contributed by atoms with Gasteiger partial charge in [-0.15, -0.1) is 0 Å². The quantitative estimate of drug-likeness (QED) is 0.893. The van der Waals surface area contributed by atoms with Crippen molar-refractivity contribution in [3.8, 4) is 0 Å². The third kappa shape index (κ3) is 3.41. The molecule has 1 aromatic carbocycles. The third-order valence-corrected chi connectivity index (χ3v) is 2.85. The molecule has 2 N–H and O–H groups in total. The molecule has 0 aliphatic rings. The maximum atomic E-state index is 11.9. The lowest BCUT2D eigenvalue weighted by Crippen LogP contribution is -2.16. The van der Waals surface area contributed by atoms with E-state index < -0.39 is 5.97 Å². The van der Waals surface area contributed by atoms with Crippen LogP contribution in [0.3, 0.4) is 0 Å². The van der Waals surface area contributed by atoms with E-state index in [9.17, 15) is 9.59 Å². The average molecular weight is 270 g/mol. The fraction of sp³-hybridized carbons (Fsp3) is 0.133. The van der Waals surface area contributed by atoms with Gasteiger partial charge in [0.2, 0.25) is 5.91 Å². The number of hydrogen-bond donors (Lipinski definition) is 2. The van der Waals surface area contributed by atoms with Gasteiger partial charge in [0.25, 0.3) is 0 Å². The van der Waals surface area contributed by atoms with Gasteiger partial charge in [-0.2, -0.15) is 0 Å². The maximum Gasteiger partial charge on any atom is 0.354 e. The molecule has 20 heavy (non-hydrogen) atoms. The Hall–Kier alpha value is -2.69. The summed E-state index contributed by atoms with van der Waals surface area (Å²) in [7, 11) is 0. The van der Waals surface area contributed by atoms with Crippen molar-refractivity contribution in [2.45, 2.75) is 13.3 Å². The Balaban J connectivity index is 2.07. The van der Waals surface area contributed by atoms with Crippen molar-refractivity contribution in [1.29, 1.82) is 0 Å². The summed E-state index contributed by atoms with van der Waals surface area (Å²) in [6, 6.07) is 12.1. The Morgan fingerprint density at radius 1 is 1.15 bits per heavy atom. The predicted octanol–water partition coefficient (Wildman–Crippen LogP) is 2.27. The van der Waals surface area contributed by atoms with Crippen LogP contribution in [-0.4, -0.2) is 22.0 Å². The third-order valence-electron chi connectivity index (χ3n) is 2.85. The number of aromatic carboxylic acids is 1. The van der Waals surface area contributed by atoms with Crippen LogP contribution in [0.25, 0.3) is 0 Å². The van der Waals surface area contributed by atoms with Gasteiger partial charge in [0, 0.05) is 0 Å². The molecule has 0 saturated heterocycles. The SMILES string of the molecule is Cc1ccccc1CC(=O)Nc1cccc(C(=O)O)n1. The zero-order valence-electron chi connectivity index (χ0n) is 11.0. The minimum atomic E-state index is -1.12. The molecule has 0 aliphatic heterocycles. The lowest BCUT2D eigenvalue weighted by atomic mass is 10.1. The molecule has 0 bridgehead atoms. The van der Waals surface area contributed by atoms with E-state index in [1.54, 1.807) is 12.1 Å². The molecular formula is C15H14N2O3. The van der Waals surface area contributed by atoms with E-state index in [1.165, 1.54) is 6.07 Å². The molecule has 0 aliphatic carbocycles. The molecule has 0 spiro atoms. The first kappa shape index (κ1) is 13.7. The summed E-state index contributed by atoms with van der Waals surface area (Å²) in [5.74, 6) is -1.11. The van der Waals surface area contributed by atoms with Crippen molar-refractivity contribution in [3.63, 3.8) is 0 Å². The molecule has 2 rings (SSSR count). The predicted molar refractivity (Wildman–Crippen MR) is 74.7 cm³/mol. The van der Waals surface area contributed by atoms with E-state index in [1.807, 2.05) is 31.2 Å². The number of aromatic nitrogens is 1. The fourth-order valence-corrected chi connectivity index (χ4v) is 1.79. The van der Waals surface area contributed by atoms with Crippen molar-refractivity contribution < 1.29 is 14.7 Å². The zero-order valence-corrected chi connectivity index (χ0v) is 11.0. The number of hydrogen-bond acceptors (Lipinski definition) is 3. The summed E-state index contributed by atoms with van der Waals surface area (Å²) >= 11 is 0. The number of nitrogens with zero attached hydrogens (tertiary/aromatic N) is 1. The number of carbonyl (C=O) groups excluding carboxylic acids is 1. The summed E-state index contributed by atoms with van der Waals surface area (Å²) in [6.07, 6.45) is 0.228. The van der Waals surface area contributed by atoms with Crippen LogP contribution in [0.5, 0.6) is 0 Å². The first-order valence-corrected chi connectivity index (χ1v) is 6.11. The van der Waals surface area contributed by atoms with Crippen LogP contribution in [0.15, 0.2) is 42.5 Å². The second-order valence-electron chi connectivity index (χ2n) is 4.36. The van der Waals surface area contributed by atoms with Gasteiger partial charge >= 0.3 is 5.97 Å².